The van der Waals surface area contributed by atoms with Crippen LogP contribution in [0.25, 0.3) is 0 Å². The lowest BCUT2D eigenvalue weighted by Gasteiger charge is -2.39. The van der Waals surface area contributed by atoms with E-state index in [-0.39, 0.29) is 7.05 Å². The molecule has 0 spiro atoms. The molecule has 3 atom stereocenters. The van der Waals surface area contributed by atoms with Crippen LogP contribution in [0.1, 0.15) is 36.1 Å². The smallest absolute Gasteiger partial charge is 0.376 e. The zero-order chi connectivity index (χ0) is 16.0. The molecule has 0 radical (unpaired) electrons. The van der Waals surface area contributed by atoms with E-state index in [1.807, 2.05) is 6.82 Å². The summed E-state index contributed by atoms with van der Waals surface area (Å²) in [6.45, 7) is 10.6. The first-order valence-electron chi connectivity index (χ1n) is 8.27. The molecule has 0 amide bonds. The predicted octanol–water partition coefficient (Wildman–Crippen LogP) is 2.24. The van der Waals surface area contributed by atoms with Crippen molar-refractivity contribution >= 4 is 7.05 Å². The molecule has 120 valence electrons. The van der Waals surface area contributed by atoms with Crippen LogP contribution in [0.15, 0.2) is 12.1 Å². The Kier molecular flexibility index (Phi) is 4.23. The minimum atomic E-state index is -0.322. The summed E-state index contributed by atoms with van der Waals surface area (Å²) in [4.78, 5) is 4.85. The van der Waals surface area contributed by atoms with Crippen molar-refractivity contribution in [2.75, 3.05) is 20.2 Å². The second-order valence-electron chi connectivity index (χ2n) is 6.85. The van der Waals surface area contributed by atoms with E-state index in [2.05, 4.69) is 42.6 Å². The number of piperazine rings is 1. The predicted molar refractivity (Wildman–Crippen MR) is 90.3 cm³/mol. The molecule has 0 aromatic heterocycles. The minimum absolute atomic E-state index is 0.322. The Morgan fingerprint density at radius 2 is 1.95 bits per heavy atom. The minimum Gasteiger partial charge on any atom is -0.496 e. The van der Waals surface area contributed by atoms with Crippen LogP contribution >= 0.6 is 0 Å². The van der Waals surface area contributed by atoms with E-state index >= 15 is 0 Å². The Hall–Kier alpha value is -1.04. The molecule has 2 aliphatic heterocycles. The van der Waals surface area contributed by atoms with Gasteiger partial charge in [0.05, 0.1) is 7.11 Å². The van der Waals surface area contributed by atoms with Crippen LogP contribution < -0.4 is 4.74 Å². The fraction of sp³-hybridized carbons (Fsp3) is 0.647. The number of hydrogen-bond acceptors (Lipinski definition) is 4. The number of hydrogen-bond donors (Lipinski definition) is 1. The van der Waals surface area contributed by atoms with Crippen molar-refractivity contribution in [3.8, 4) is 5.75 Å². The van der Waals surface area contributed by atoms with E-state index < -0.39 is 0 Å². The van der Waals surface area contributed by atoms with Crippen molar-refractivity contribution in [3.05, 3.63) is 28.8 Å². The van der Waals surface area contributed by atoms with Crippen LogP contribution in [0.2, 0.25) is 6.82 Å². The molecule has 2 heterocycles. The summed E-state index contributed by atoms with van der Waals surface area (Å²) in [5.74, 6) is 0.969. The monoisotopic (exact) mass is 302 g/mol. The molecule has 1 aromatic rings. The molecule has 5 heteroatoms. The van der Waals surface area contributed by atoms with Gasteiger partial charge in [0.15, 0.2) is 0 Å². The zero-order valence-corrected chi connectivity index (χ0v) is 14.3. The summed E-state index contributed by atoms with van der Waals surface area (Å²) in [6, 6.07) is 5.79. The van der Waals surface area contributed by atoms with Crippen molar-refractivity contribution in [3.63, 3.8) is 0 Å². The maximum absolute atomic E-state index is 9.85. The maximum Gasteiger partial charge on any atom is 0.376 e. The topological polar surface area (TPSA) is 35.9 Å². The van der Waals surface area contributed by atoms with Gasteiger partial charge in [-0.3, -0.25) is 4.90 Å². The molecule has 3 rings (SSSR count). The molecular weight excluding hydrogens is 275 g/mol. The second-order valence-corrected chi connectivity index (χ2v) is 6.85. The first-order chi connectivity index (χ1) is 10.4. The van der Waals surface area contributed by atoms with E-state index in [1.54, 1.807) is 7.11 Å². The highest BCUT2D eigenvalue weighted by molar-refractivity contribution is 6.45. The highest BCUT2D eigenvalue weighted by atomic mass is 16.5. The molecule has 0 unspecified atom stereocenters. The fourth-order valence-corrected chi connectivity index (χ4v) is 4.33. The number of nitrogens with zero attached hydrogens (tertiary/aromatic N) is 2. The van der Waals surface area contributed by atoms with Gasteiger partial charge in [0.2, 0.25) is 0 Å². The lowest BCUT2D eigenvalue weighted by atomic mass is 9.83. The van der Waals surface area contributed by atoms with Crippen LogP contribution in [-0.4, -0.2) is 54.1 Å². The Morgan fingerprint density at radius 3 is 2.50 bits per heavy atom. The molecule has 22 heavy (non-hydrogen) atoms. The molecule has 2 saturated heterocycles. The first-order valence-corrected chi connectivity index (χ1v) is 8.27. The molecule has 2 fully saturated rings. The van der Waals surface area contributed by atoms with Gasteiger partial charge in [-0.1, -0.05) is 6.07 Å². The Bertz CT molecular complexity index is 564. The molecule has 2 aliphatic rings. The molecule has 0 saturated carbocycles. The lowest BCUT2D eigenvalue weighted by molar-refractivity contribution is 0.130. The summed E-state index contributed by atoms with van der Waals surface area (Å²) in [7, 11) is 1.41. The van der Waals surface area contributed by atoms with Gasteiger partial charge in [-0.15, -0.1) is 0 Å². The van der Waals surface area contributed by atoms with Gasteiger partial charge in [0, 0.05) is 31.2 Å². The van der Waals surface area contributed by atoms with E-state index in [9.17, 15) is 5.02 Å². The number of methoxy groups -OCH3 is 1. The summed E-state index contributed by atoms with van der Waals surface area (Å²) >= 11 is 0. The van der Waals surface area contributed by atoms with Crippen LogP contribution in [0, 0.1) is 13.8 Å². The molecule has 4 nitrogen and oxygen atoms in total. The number of likely N-dealkylation sites (tertiary alicyclic amines) is 1. The van der Waals surface area contributed by atoms with E-state index in [0.29, 0.717) is 18.1 Å². The van der Waals surface area contributed by atoms with Gasteiger partial charge >= 0.3 is 7.05 Å². The number of fused-ring (bicyclic) bond motifs is 2. The second kappa shape index (κ2) is 5.87. The molecular formula is C17H27BN2O2. The Balaban J connectivity index is 1.79. The third kappa shape index (κ3) is 2.45. The largest absolute Gasteiger partial charge is 0.496 e. The van der Waals surface area contributed by atoms with Gasteiger partial charge in [0.25, 0.3) is 0 Å². The van der Waals surface area contributed by atoms with Crippen molar-refractivity contribution in [2.24, 2.45) is 0 Å². The summed E-state index contributed by atoms with van der Waals surface area (Å²) in [5, 5.41) is 9.85. The van der Waals surface area contributed by atoms with E-state index in [4.69, 9.17) is 4.74 Å². The van der Waals surface area contributed by atoms with Crippen molar-refractivity contribution in [1.29, 1.82) is 0 Å². The molecule has 0 aliphatic carbocycles. The highest BCUT2D eigenvalue weighted by Gasteiger charge is 2.46. The van der Waals surface area contributed by atoms with Crippen LogP contribution in [0.4, 0.5) is 0 Å². The Labute approximate surface area is 134 Å². The van der Waals surface area contributed by atoms with Crippen molar-refractivity contribution in [1.82, 2.24) is 9.71 Å². The quantitative estimate of drug-likeness (QED) is 0.865. The van der Waals surface area contributed by atoms with Crippen molar-refractivity contribution < 1.29 is 9.76 Å². The highest BCUT2D eigenvalue weighted by Crippen LogP contribution is 2.39. The average molecular weight is 302 g/mol. The molecule has 1 aromatic carbocycles. The number of rotatable bonds is 4. The molecule has 1 N–H and O–H groups in total. The van der Waals surface area contributed by atoms with E-state index in [0.717, 1.165) is 18.8 Å². The van der Waals surface area contributed by atoms with Crippen LogP contribution in [-0.2, 0) is 0 Å². The number of benzene rings is 1. The van der Waals surface area contributed by atoms with Gasteiger partial charge in [0.1, 0.15) is 5.75 Å². The number of ether oxygens (including phenoxy) is 1. The summed E-state index contributed by atoms with van der Waals surface area (Å²) in [5.41, 5.74) is 3.97. The third-order valence-electron chi connectivity index (χ3n) is 5.75. The normalized spacial score (nSPS) is 26.5. The van der Waals surface area contributed by atoms with Gasteiger partial charge in [-0.05, 0) is 56.8 Å². The Morgan fingerprint density at radius 1 is 1.23 bits per heavy atom. The SMILES string of the molecule is COc1ccc([C@H](C)N2C[C@H]3C[C@@H]2CN3B(C)O)c(C)c1C. The summed E-state index contributed by atoms with van der Waals surface area (Å²) < 4.78 is 5.43. The van der Waals surface area contributed by atoms with Crippen LogP contribution in [0.3, 0.4) is 0 Å². The summed E-state index contributed by atoms with van der Waals surface area (Å²) in [6.07, 6.45) is 1.18. The molecule has 2 bridgehead atoms. The van der Waals surface area contributed by atoms with E-state index in [1.165, 1.54) is 23.1 Å². The van der Waals surface area contributed by atoms with Gasteiger partial charge in [-0.2, -0.15) is 0 Å². The van der Waals surface area contributed by atoms with Crippen LogP contribution in [0.5, 0.6) is 5.75 Å². The standard InChI is InChI=1S/C17H27BN2O2/c1-11-12(2)17(22-5)7-6-16(11)13(3)19-9-15-8-14(19)10-20(15)18(4)21/h6-7,13-15,21H,8-10H2,1-5H3/t13-,14+,15+/m0/s1. The fourth-order valence-electron chi connectivity index (χ4n) is 4.33. The third-order valence-corrected chi connectivity index (χ3v) is 5.75. The lowest BCUT2D eigenvalue weighted by Crippen LogP contribution is -2.52. The maximum atomic E-state index is 9.85. The average Bonchev–Trinajstić information content (AvgIpc) is 3.09. The van der Waals surface area contributed by atoms with Gasteiger partial charge < -0.3 is 14.6 Å². The zero-order valence-electron chi connectivity index (χ0n) is 14.3. The van der Waals surface area contributed by atoms with Crippen molar-refractivity contribution in [2.45, 2.75) is 52.1 Å². The first kappa shape index (κ1) is 15.8. The van der Waals surface area contributed by atoms with Gasteiger partial charge in [-0.25, -0.2) is 0 Å².